The molecule has 0 radical (unpaired) electrons. The highest BCUT2D eigenvalue weighted by Gasteiger charge is 2.01. The van der Waals surface area contributed by atoms with Crippen LogP contribution in [0.3, 0.4) is 0 Å². The second-order valence-electron chi connectivity index (χ2n) is 3.05. The summed E-state index contributed by atoms with van der Waals surface area (Å²) in [7, 11) is 0. The number of imidazole rings is 1. The molecule has 0 aromatic carbocycles. The van der Waals surface area contributed by atoms with E-state index in [-0.39, 0.29) is 5.95 Å². The van der Waals surface area contributed by atoms with Crippen LogP contribution < -0.4 is 11.4 Å². The maximum atomic E-state index is 11.4. The molecule has 2 aromatic rings. The zero-order chi connectivity index (χ0) is 10.8. The smallest absolute Gasteiger partial charge is 0.353 e. The molecule has 15 heavy (non-hydrogen) atoms. The number of aromatic nitrogens is 5. The van der Waals surface area contributed by atoms with E-state index in [1.165, 1.54) is 10.9 Å². The molecule has 0 atom stereocenters. The van der Waals surface area contributed by atoms with Crippen LogP contribution in [0.2, 0.25) is 0 Å². The Morgan fingerprint density at radius 1 is 1.40 bits per heavy atom. The van der Waals surface area contributed by atoms with Crippen LogP contribution in [0.5, 0.6) is 0 Å². The molecule has 2 N–H and O–H groups in total. The Morgan fingerprint density at radius 2 is 2.20 bits per heavy atom. The largest absolute Gasteiger partial charge is 0.368 e. The van der Waals surface area contributed by atoms with Crippen molar-refractivity contribution in [1.29, 1.82) is 0 Å². The third-order valence-electron chi connectivity index (χ3n) is 2.01. The van der Waals surface area contributed by atoms with E-state index in [1.54, 1.807) is 17.0 Å². The van der Waals surface area contributed by atoms with Crippen molar-refractivity contribution in [2.45, 2.75) is 13.6 Å². The highest BCUT2D eigenvalue weighted by atomic mass is 16.1. The maximum absolute atomic E-state index is 11.4. The molecule has 0 aliphatic heterocycles. The highest BCUT2D eigenvalue weighted by molar-refractivity contribution is 5.09. The Bertz CT molecular complexity index is 528. The summed E-state index contributed by atoms with van der Waals surface area (Å²) in [5, 5.41) is 0. The summed E-state index contributed by atoms with van der Waals surface area (Å²) in [6.07, 6.45) is 4.81. The van der Waals surface area contributed by atoms with Gasteiger partial charge in [-0.25, -0.2) is 14.8 Å². The summed E-state index contributed by atoms with van der Waals surface area (Å²) in [5.74, 6) is 0.803. The van der Waals surface area contributed by atoms with Gasteiger partial charge < -0.3 is 10.3 Å². The van der Waals surface area contributed by atoms with Gasteiger partial charge in [-0.05, 0) is 6.92 Å². The fourth-order valence-electron chi connectivity index (χ4n) is 1.18. The van der Waals surface area contributed by atoms with E-state index in [4.69, 9.17) is 5.73 Å². The monoisotopic (exact) mass is 206 g/mol. The van der Waals surface area contributed by atoms with Gasteiger partial charge in [0.05, 0.1) is 0 Å². The third kappa shape index (κ3) is 1.85. The molecule has 0 bridgehead atoms. The Balaban J connectivity index is 2.33. The third-order valence-corrected chi connectivity index (χ3v) is 2.01. The molecule has 0 fully saturated rings. The molecule has 0 saturated heterocycles. The molecule has 0 amide bonds. The van der Waals surface area contributed by atoms with Crippen molar-refractivity contribution in [3.63, 3.8) is 0 Å². The van der Waals surface area contributed by atoms with Gasteiger partial charge in [-0.2, -0.15) is 4.98 Å². The van der Waals surface area contributed by atoms with E-state index >= 15 is 0 Å². The lowest BCUT2D eigenvalue weighted by atomic mass is 10.7. The SMILES string of the molecule is Cc1nccn1Cn1cnc(N)nc1=O. The van der Waals surface area contributed by atoms with Gasteiger partial charge in [-0.15, -0.1) is 0 Å². The van der Waals surface area contributed by atoms with E-state index in [2.05, 4.69) is 15.0 Å². The zero-order valence-electron chi connectivity index (χ0n) is 8.16. The molecule has 2 heterocycles. The maximum Gasteiger partial charge on any atom is 0.353 e. The van der Waals surface area contributed by atoms with Crippen LogP contribution in [-0.4, -0.2) is 24.1 Å². The summed E-state index contributed by atoms with van der Waals surface area (Å²) in [6, 6.07) is 0. The van der Waals surface area contributed by atoms with Crippen molar-refractivity contribution in [2.75, 3.05) is 5.73 Å². The Labute approximate surface area is 85.2 Å². The van der Waals surface area contributed by atoms with E-state index in [9.17, 15) is 4.79 Å². The number of anilines is 1. The van der Waals surface area contributed by atoms with Crippen LogP contribution in [0.15, 0.2) is 23.5 Å². The average Bonchev–Trinajstić information content (AvgIpc) is 2.57. The Morgan fingerprint density at radius 3 is 2.80 bits per heavy atom. The first-order valence-corrected chi connectivity index (χ1v) is 4.33. The Kier molecular flexibility index (Phi) is 2.20. The fraction of sp³-hybridized carbons (Fsp3) is 0.250. The van der Waals surface area contributed by atoms with Gasteiger partial charge in [0.25, 0.3) is 0 Å². The van der Waals surface area contributed by atoms with Crippen molar-refractivity contribution in [3.8, 4) is 0 Å². The average molecular weight is 206 g/mol. The second-order valence-corrected chi connectivity index (χ2v) is 3.05. The molecular formula is C8H10N6O. The van der Waals surface area contributed by atoms with Gasteiger partial charge in [0.1, 0.15) is 18.8 Å². The lowest BCUT2D eigenvalue weighted by Gasteiger charge is -2.06. The van der Waals surface area contributed by atoms with Gasteiger partial charge >= 0.3 is 5.69 Å². The standard InChI is InChI=1S/C8H10N6O/c1-6-10-2-3-13(6)5-14-4-11-7(9)12-8(14)15/h2-4H,5H2,1H3,(H2,9,12,15). The highest BCUT2D eigenvalue weighted by Crippen LogP contribution is 1.94. The molecule has 0 saturated carbocycles. The van der Waals surface area contributed by atoms with Crippen LogP contribution in [-0.2, 0) is 6.67 Å². The predicted molar refractivity (Wildman–Crippen MR) is 53.1 cm³/mol. The molecule has 2 aromatic heterocycles. The minimum atomic E-state index is -0.421. The zero-order valence-corrected chi connectivity index (χ0v) is 8.16. The van der Waals surface area contributed by atoms with Crippen LogP contribution >= 0.6 is 0 Å². The molecule has 7 heteroatoms. The van der Waals surface area contributed by atoms with Crippen molar-refractivity contribution < 1.29 is 0 Å². The molecule has 78 valence electrons. The number of rotatable bonds is 2. The number of hydrogen-bond donors (Lipinski definition) is 1. The first-order chi connectivity index (χ1) is 7.16. The molecule has 0 unspecified atom stereocenters. The van der Waals surface area contributed by atoms with Crippen LogP contribution in [0.1, 0.15) is 5.82 Å². The summed E-state index contributed by atoms with van der Waals surface area (Å²) >= 11 is 0. The second kappa shape index (κ2) is 3.52. The van der Waals surface area contributed by atoms with Crippen LogP contribution in [0, 0.1) is 6.92 Å². The molecule has 0 aliphatic carbocycles. The number of nitrogens with two attached hydrogens (primary N) is 1. The first kappa shape index (κ1) is 9.38. The minimum absolute atomic E-state index is 0.0152. The number of hydrogen-bond acceptors (Lipinski definition) is 5. The summed E-state index contributed by atoms with van der Waals surface area (Å²) in [6.45, 7) is 2.19. The molecule has 0 spiro atoms. The lowest BCUT2D eigenvalue weighted by Crippen LogP contribution is -2.27. The van der Waals surface area contributed by atoms with Gasteiger partial charge in [0.2, 0.25) is 5.95 Å². The van der Waals surface area contributed by atoms with Crippen molar-refractivity contribution in [1.82, 2.24) is 24.1 Å². The van der Waals surface area contributed by atoms with E-state index in [0.29, 0.717) is 6.67 Å². The quantitative estimate of drug-likeness (QED) is 0.696. The molecule has 7 nitrogen and oxygen atoms in total. The fourth-order valence-corrected chi connectivity index (χ4v) is 1.18. The lowest BCUT2D eigenvalue weighted by molar-refractivity contribution is 0.554. The minimum Gasteiger partial charge on any atom is -0.368 e. The van der Waals surface area contributed by atoms with Crippen molar-refractivity contribution >= 4 is 5.95 Å². The van der Waals surface area contributed by atoms with Crippen molar-refractivity contribution in [2.24, 2.45) is 0 Å². The molecule has 2 rings (SSSR count). The van der Waals surface area contributed by atoms with Gasteiger partial charge in [-0.1, -0.05) is 0 Å². The normalized spacial score (nSPS) is 10.5. The van der Waals surface area contributed by atoms with Gasteiger partial charge in [0.15, 0.2) is 0 Å². The topological polar surface area (TPSA) is 91.6 Å². The molecular weight excluding hydrogens is 196 g/mol. The first-order valence-electron chi connectivity index (χ1n) is 4.33. The summed E-state index contributed by atoms with van der Waals surface area (Å²) in [4.78, 5) is 22.7. The van der Waals surface area contributed by atoms with E-state index in [0.717, 1.165) is 5.82 Å². The number of nitrogens with zero attached hydrogens (tertiary/aromatic N) is 5. The molecule has 0 aliphatic rings. The van der Waals surface area contributed by atoms with E-state index in [1.807, 2.05) is 6.92 Å². The van der Waals surface area contributed by atoms with E-state index < -0.39 is 5.69 Å². The number of nitrogen functional groups attached to an aromatic ring is 1. The predicted octanol–water partition coefficient (Wildman–Crippen LogP) is -0.769. The summed E-state index contributed by atoms with van der Waals surface area (Å²) in [5.41, 5.74) is 4.86. The Hall–Kier alpha value is -2.18. The van der Waals surface area contributed by atoms with Gasteiger partial charge in [-0.3, -0.25) is 4.57 Å². The summed E-state index contributed by atoms with van der Waals surface area (Å²) < 4.78 is 3.16. The van der Waals surface area contributed by atoms with Crippen LogP contribution in [0.4, 0.5) is 5.95 Å². The number of aryl methyl sites for hydroxylation is 1. The van der Waals surface area contributed by atoms with Gasteiger partial charge in [0, 0.05) is 12.4 Å². The van der Waals surface area contributed by atoms with Crippen molar-refractivity contribution in [3.05, 3.63) is 35.0 Å². The van der Waals surface area contributed by atoms with Crippen LogP contribution in [0.25, 0.3) is 0 Å².